The average Bonchev–Trinajstić information content (AvgIpc) is 3.42. The van der Waals surface area contributed by atoms with Gasteiger partial charge >= 0.3 is 0 Å². The zero-order chi connectivity index (χ0) is 26.8. The van der Waals surface area contributed by atoms with Crippen LogP contribution in [0.25, 0.3) is 32.3 Å². The van der Waals surface area contributed by atoms with Crippen LogP contribution in [0.3, 0.4) is 0 Å². The fraction of sp³-hybridized carbons (Fsp3) is 0.172. The number of benzene rings is 2. The van der Waals surface area contributed by atoms with Gasteiger partial charge in [-0.1, -0.05) is 53.8 Å². The number of anilines is 2. The van der Waals surface area contributed by atoms with Crippen molar-refractivity contribution in [3.05, 3.63) is 84.7 Å². The number of thiazole rings is 1. The van der Waals surface area contributed by atoms with Crippen molar-refractivity contribution in [3.8, 4) is 22.0 Å². The second kappa shape index (κ2) is 10.6. The van der Waals surface area contributed by atoms with E-state index in [0.29, 0.717) is 37.0 Å². The van der Waals surface area contributed by atoms with E-state index in [-0.39, 0.29) is 24.1 Å². The molecule has 0 saturated carbocycles. The minimum absolute atomic E-state index is 0.0360. The number of fused-ring (bicyclic) bond motifs is 1. The van der Waals surface area contributed by atoms with Crippen LogP contribution in [0.4, 0.5) is 11.5 Å². The van der Waals surface area contributed by atoms with Gasteiger partial charge in [0.05, 0.1) is 12.2 Å². The van der Waals surface area contributed by atoms with Crippen LogP contribution in [0.15, 0.2) is 79.0 Å². The summed E-state index contributed by atoms with van der Waals surface area (Å²) in [6, 6.07) is 22.5. The standard InChI is InChI=1S/C29H25N7O2S/c1-2-35-15-16-36(18-25(35)37)24-17-23(31-26(34-24)19-9-4-3-5-10-19)27(38)32-21-12-7-6-11-20(21)28-33-22-13-8-14-30-29(22)39-28/h3-14,17H,2,15-16,18H2,1H3,(H,32,38). The molecule has 39 heavy (non-hydrogen) atoms. The number of aromatic nitrogens is 4. The Balaban J connectivity index is 1.35. The summed E-state index contributed by atoms with van der Waals surface area (Å²) in [6.07, 6.45) is 1.74. The fourth-order valence-electron chi connectivity index (χ4n) is 4.52. The maximum Gasteiger partial charge on any atom is 0.274 e. The van der Waals surface area contributed by atoms with Gasteiger partial charge in [0.1, 0.15) is 26.9 Å². The highest BCUT2D eigenvalue weighted by Crippen LogP contribution is 2.34. The van der Waals surface area contributed by atoms with Gasteiger partial charge in [0, 0.05) is 43.0 Å². The van der Waals surface area contributed by atoms with Gasteiger partial charge in [0.15, 0.2) is 5.82 Å². The van der Waals surface area contributed by atoms with Crippen LogP contribution in [0.1, 0.15) is 17.4 Å². The molecule has 0 atom stereocenters. The van der Waals surface area contributed by atoms with Crippen LogP contribution in [0, 0.1) is 0 Å². The number of amides is 2. The number of carbonyl (C=O) groups is 2. The molecule has 0 radical (unpaired) electrons. The van der Waals surface area contributed by atoms with Crippen LogP contribution < -0.4 is 10.2 Å². The normalized spacial score (nSPS) is 13.6. The number of piperazine rings is 1. The van der Waals surface area contributed by atoms with E-state index >= 15 is 0 Å². The molecule has 2 aromatic carbocycles. The third-order valence-electron chi connectivity index (χ3n) is 6.57. The summed E-state index contributed by atoms with van der Waals surface area (Å²) in [7, 11) is 0. The van der Waals surface area contributed by atoms with E-state index < -0.39 is 0 Å². The van der Waals surface area contributed by atoms with Gasteiger partial charge in [-0.05, 0) is 31.2 Å². The summed E-state index contributed by atoms with van der Waals surface area (Å²) in [5.41, 5.74) is 3.23. The molecule has 9 nitrogen and oxygen atoms in total. The van der Waals surface area contributed by atoms with E-state index in [1.54, 1.807) is 12.3 Å². The molecule has 0 bridgehead atoms. The quantitative estimate of drug-likeness (QED) is 0.335. The third kappa shape index (κ3) is 5.06. The van der Waals surface area contributed by atoms with Gasteiger partial charge in [-0.2, -0.15) is 0 Å². The number of hydrogen-bond acceptors (Lipinski definition) is 8. The van der Waals surface area contributed by atoms with Gasteiger partial charge in [-0.15, -0.1) is 0 Å². The number of carbonyl (C=O) groups excluding carboxylic acids is 2. The minimum Gasteiger partial charge on any atom is -0.345 e. The number of para-hydroxylation sites is 1. The number of nitrogens with zero attached hydrogens (tertiary/aromatic N) is 6. The number of hydrogen-bond donors (Lipinski definition) is 1. The van der Waals surface area contributed by atoms with Gasteiger partial charge in [0.2, 0.25) is 5.91 Å². The SMILES string of the molecule is CCN1CCN(c2cc(C(=O)Nc3ccccc3-c3nc4cccnc4s3)nc(-c3ccccc3)n2)CC1=O. The first-order chi connectivity index (χ1) is 19.1. The Bertz CT molecular complexity index is 1640. The van der Waals surface area contributed by atoms with Gasteiger partial charge in [-0.3, -0.25) is 9.59 Å². The second-order valence-corrected chi connectivity index (χ2v) is 10.0. The average molecular weight is 536 g/mol. The summed E-state index contributed by atoms with van der Waals surface area (Å²) in [5.74, 6) is 0.632. The minimum atomic E-state index is -0.374. The van der Waals surface area contributed by atoms with Crippen molar-refractivity contribution < 1.29 is 9.59 Å². The predicted molar refractivity (Wildman–Crippen MR) is 153 cm³/mol. The zero-order valence-corrected chi connectivity index (χ0v) is 22.1. The molecule has 0 unspecified atom stereocenters. The third-order valence-corrected chi connectivity index (χ3v) is 7.59. The lowest BCUT2D eigenvalue weighted by molar-refractivity contribution is -0.130. The van der Waals surface area contributed by atoms with E-state index in [1.807, 2.05) is 83.5 Å². The Hall–Kier alpha value is -4.70. The molecule has 1 fully saturated rings. The van der Waals surface area contributed by atoms with E-state index in [0.717, 1.165) is 26.5 Å². The molecule has 0 aliphatic carbocycles. The van der Waals surface area contributed by atoms with E-state index in [9.17, 15) is 9.59 Å². The van der Waals surface area contributed by atoms with E-state index in [1.165, 1.54) is 11.3 Å². The van der Waals surface area contributed by atoms with Gasteiger partial charge < -0.3 is 15.1 Å². The van der Waals surface area contributed by atoms with Gasteiger partial charge in [-0.25, -0.2) is 19.9 Å². The Morgan fingerprint density at radius 2 is 1.79 bits per heavy atom. The van der Waals surface area contributed by atoms with Crippen molar-refractivity contribution in [3.63, 3.8) is 0 Å². The number of rotatable bonds is 6. The van der Waals surface area contributed by atoms with E-state index in [2.05, 4.69) is 15.3 Å². The molecule has 4 heterocycles. The lowest BCUT2D eigenvalue weighted by Gasteiger charge is -2.34. The lowest BCUT2D eigenvalue weighted by atomic mass is 10.1. The molecule has 5 aromatic rings. The topological polar surface area (TPSA) is 104 Å². The maximum atomic E-state index is 13.6. The number of nitrogens with one attached hydrogen (secondary N) is 1. The Labute approximate surface area is 229 Å². The zero-order valence-electron chi connectivity index (χ0n) is 21.2. The fourth-order valence-corrected chi connectivity index (χ4v) is 5.46. The first-order valence-corrected chi connectivity index (χ1v) is 13.5. The highest BCUT2D eigenvalue weighted by atomic mass is 32.1. The van der Waals surface area contributed by atoms with Crippen LogP contribution in [-0.4, -0.2) is 62.8 Å². The highest BCUT2D eigenvalue weighted by Gasteiger charge is 2.25. The lowest BCUT2D eigenvalue weighted by Crippen LogP contribution is -2.50. The Morgan fingerprint density at radius 1 is 0.974 bits per heavy atom. The van der Waals surface area contributed by atoms with Crippen LogP contribution in [-0.2, 0) is 4.79 Å². The molecule has 1 aliphatic heterocycles. The number of likely N-dealkylation sites (N-methyl/N-ethyl adjacent to an activating group) is 1. The second-order valence-electron chi connectivity index (χ2n) is 9.04. The molecule has 194 valence electrons. The molecule has 1 saturated heterocycles. The molecule has 1 N–H and O–H groups in total. The van der Waals surface area contributed by atoms with Crippen molar-refractivity contribution >= 4 is 45.0 Å². The highest BCUT2D eigenvalue weighted by molar-refractivity contribution is 7.21. The van der Waals surface area contributed by atoms with Crippen molar-refractivity contribution in [1.29, 1.82) is 0 Å². The Morgan fingerprint density at radius 3 is 2.59 bits per heavy atom. The largest absolute Gasteiger partial charge is 0.345 e. The van der Waals surface area contributed by atoms with Crippen LogP contribution in [0.5, 0.6) is 0 Å². The summed E-state index contributed by atoms with van der Waals surface area (Å²) >= 11 is 1.47. The van der Waals surface area contributed by atoms with Crippen molar-refractivity contribution in [2.24, 2.45) is 0 Å². The number of pyridine rings is 1. The smallest absolute Gasteiger partial charge is 0.274 e. The molecule has 6 rings (SSSR count). The summed E-state index contributed by atoms with van der Waals surface area (Å²) in [4.78, 5) is 49.3. The molecular weight excluding hydrogens is 510 g/mol. The molecule has 0 spiro atoms. The van der Waals surface area contributed by atoms with Crippen molar-refractivity contribution in [2.45, 2.75) is 6.92 Å². The van der Waals surface area contributed by atoms with Crippen LogP contribution in [0.2, 0.25) is 0 Å². The van der Waals surface area contributed by atoms with E-state index in [4.69, 9.17) is 9.97 Å². The molecule has 3 aromatic heterocycles. The molecule has 10 heteroatoms. The first kappa shape index (κ1) is 24.6. The van der Waals surface area contributed by atoms with Crippen LogP contribution >= 0.6 is 11.3 Å². The predicted octanol–water partition coefficient (Wildman–Crippen LogP) is 4.74. The Kier molecular flexibility index (Phi) is 6.68. The van der Waals surface area contributed by atoms with Gasteiger partial charge in [0.25, 0.3) is 5.91 Å². The first-order valence-electron chi connectivity index (χ1n) is 12.7. The van der Waals surface area contributed by atoms with Crippen molar-refractivity contribution in [1.82, 2.24) is 24.8 Å². The summed E-state index contributed by atoms with van der Waals surface area (Å²) in [5, 5.41) is 3.79. The summed E-state index contributed by atoms with van der Waals surface area (Å²) < 4.78 is 0. The monoisotopic (exact) mass is 535 g/mol. The van der Waals surface area contributed by atoms with Crippen molar-refractivity contribution in [2.75, 3.05) is 36.4 Å². The molecular formula is C29H25N7O2S. The maximum absolute atomic E-state index is 13.6. The molecule has 1 aliphatic rings. The molecule has 2 amide bonds. The summed E-state index contributed by atoms with van der Waals surface area (Å²) in [6.45, 7) is 4.07.